The van der Waals surface area contributed by atoms with Crippen LogP contribution >= 0.6 is 0 Å². The number of ether oxygens (including phenoxy) is 2. The molecule has 1 aromatic heterocycles. The summed E-state index contributed by atoms with van der Waals surface area (Å²) in [6, 6.07) is 5.73. The summed E-state index contributed by atoms with van der Waals surface area (Å²) in [4.78, 5) is 33.7. The van der Waals surface area contributed by atoms with Crippen molar-refractivity contribution in [3.63, 3.8) is 0 Å². The van der Waals surface area contributed by atoms with Crippen LogP contribution in [0, 0.1) is 11.8 Å². The van der Waals surface area contributed by atoms with E-state index in [9.17, 15) is 22.8 Å². The van der Waals surface area contributed by atoms with Gasteiger partial charge in [0.15, 0.2) is 6.10 Å². The van der Waals surface area contributed by atoms with Gasteiger partial charge in [0.25, 0.3) is 5.91 Å². The van der Waals surface area contributed by atoms with Crippen molar-refractivity contribution in [2.24, 2.45) is 11.8 Å². The Kier molecular flexibility index (Phi) is 7.62. The molecule has 218 valence electrons. The van der Waals surface area contributed by atoms with Crippen LogP contribution in [0.2, 0.25) is 0 Å². The van der Waals surface area contributed by atoms with Crippen LogP contribution in [0.5, 0.6) is 0 Å². The van der Waals surface area contributed by atoms with E-state index in [1.54, 1.807) is 17.0 Å². The average molecular weight is 563 g/mol. The zero-order valence-corrected chi connectivity index (χ0v) is 23.3. The molecule has 40 heavy (non-hydrogen) atoms. The maximum atomic E-state index is 13.6. The number of benzene rings is 1. The number of carbonyl (C=O) groups excluding carboxylic acids is 2. The minimum Gasteiger partial charge on any atom is -0.444 e. The van der Waals surface area contributed by atoms with Crippen LogP contribution in [-0.2, 0) is 20.4 Å². The molecule has 2 aromatic rings. The van der Waals surface area contributed by atoms with E-state index in [1.165, 1.54) is 12.3 Å². The number of pyridine rings is 1. The molecule has 5 rings (SSSR count). The van der Waals surface area contributed by atoms with Gasteiger partial charge in [0.2, 0.25) is 0 Å². The van der Waals surface area contributed by atoms with Crippen molar-refractivity contribution < 1.29 is 32.2 Å². The van der Waals surface area contributed by atoms with Gasteiger partial charge in [0.05, 0.1) is 23.7 Å². The van der Waals surface area contributed by atoms with Crippen molar-refractivity contribution in [3.05, 3.63) is 36.0 Å². The van der Waals surface area contributed by atoms with Gasteiger partial charge in [-0.2, -0.15) is 13.2 Å². The van der Waals surface area contributed by atoms with Crippen molar-refractivity contribution in [1.82, 2.24) is 15.2 Å². The lowest BCUT2D eigenvalue weighted by atomic mass is 9.75. The molecule has 3 fully saturated rings. The Morgan fingerprint density at radius 2 is 1.73 bits per heavy atom. The number of morpholine rings is 1. The topological polar surface area (TPSA) is 84.0 Å². The van der Waals surface area contributed by atoms with E-state index in [1.807, 2.05) is 32.6 Å². The molecule has 8 nitrogen and oxygen atoms in total. The number of piperidine rings is 1. The molecule has 3 heterocycles. The largest absolute Gasteiger partial charge is 0.444 e. The lowest BCUT2D eigenvalue weighted by Crippen LogP contribution is -2.56. The maximum absolute atomic E-state index is 13.6. The molecule has 2 amide bonds. The molecule has 1 aliphatic carbocycles. The van der Waals surface area contributed by atoms with Gasteiger partial charge in [0.1, 0.15) is 5.60 Å². The number of nitrogens with zero attached hydrogens (tertiary/aromatic N) is 3. The second-order valence-electron chi connectivity index (χ2n) is 12.4. The van der Waals surface area contributed by atoms with Crippen molar-refractivity contribution >= 4 is 28.6 Å². The number of aromatic nitrogens is 1. The zero-order chi connectivity index (χ0) is 28.8. The molecule has 2 aliphatic heterocycles. The highest BCUT2D eigenvalue weighted by Crippen LogP contribution is 2.39. The van der Waals surface area contributed by atoms with Gasteiger partial charge in [-0.1, -0.05) is 0 Å². The van der Waals surface area contributed by atoms with Crippen LogP contribution in [0.1, 0.15) is 52.5 Å². The van der Waals surface area contributed by atoms with E-state index in [-0.39, 0.29) is 48.0 Å². The Balaban J connectivity index is 1.25. The molecule has 1 aromatic carbocycles. The summed E-state index contributed by atoms with van der Waals surface area (Å²) in [5.74, 6) is 0.331. The number of carbonyl (C=O) groups is 2. The SMILES string of the molecule is C[C@@H]1CN(c2ccc(C(F)(F)F)c3ncccc23)C[C@H](C(=O)NC2CC3CC(C2)CN(C(=O)OC(C)(C)C)C3)O1. The normalized spacial score (nSPS) is 27.4. The van der Waals surface area contributed by atoms with Crippen LogP contribution in [0.25, 0.3) is 10.9 Å². The number of alkyl halides is 3. The summed E-state index contributed by atoms with van der Waals surface area (Å²) in [6.07, 6.45) is -1.97. The zero-order valence-electron chi connectivity index (χ0n) is 23.3. The molecule has 1 saturated carbocycles. The molecule has 3 aliphatic rings. The molecule has 1 N–H and O–H groups in total. The minimum absolute atomic E-state index is 0.0255. The first kappa shape index (κ1) is 28.4. The summed E-state index contributed by atoms with van der Waals surface area (Å²) < 4.78 is 52.4. The Bertz CT molecular complexity index is 1250. The smallest absolute Gasteiger partial charge is 0.418 e. The van der Waals surface area contributed by atoms with E-state index in [4.69, 9.17) is 9.47 Å². The third-order valence-electron chi connectivity index (χ3n) is 7.80. The average Bonchev–Trinajstić information content (AvgIpc) is 2.85. The van der Waals surface area contributed by atoms with E-state index >= 15 is 0 Å². The van der Waals surface area contributed by atoms with E-state index in [0.717, 1.165) is 25.3 Å². The Morgan fingerprint density at radius 3 is 2.38 bits per heavy atom. The number of hydrogen-bond acceptors (Lipinski definition) is 6. The summed E-state index contributed by atoms with van der Waals surface area (Å²) >= 11 is 0. The highest BCUT2D eigenvalue weighted by Gasteiger charge is 2.40. The third kappa shape index (κ3) is 6.29. The van der Waals surface area contributed by atoms with E-state index < -0.39 is 23.4 Å². The van der Waals surface area contributed by atoms with Crippen molar-refractivity contribution in [3.8, 4) is 0 Å². The molecular weight excluding hydrogens is 525 g/mol. The minimum atomic E-state index is -4.52. The van der Waals surface area contributed by atoms with Gasteiger partial charge < -0.3 is 24.6 Å². The maximum Gasteiger partial charge on any atom is 0.418 e. The molecule has 4 atom stereocenters. The predicted octanol–water partition coefficient (Wildman–Crippen LogP) is 5.00. The second kappa shape index (κ2) is 10.7. The fourth-order valence-electron chi connectivity index (χ4n) is 6.40. The second-order valence-corrected chi connectivity index (χ2v) is 12.4. The molecule has 2 bridgehead atoms. The number of fused-ring (bicyclic) bond motifs is 3. The molecule has 0 radical (unpaired) electrons. The molecular formula is C29H37F3N4O4. The number of amides is 2. The van der Waals surface area contributed by atoms with E-state index in [0.29, 0.717) is 30.7 Å². The standard InChI is InChI=1S/C29H37F3N4O4/c1-17-13-35(23-8-7-22(29(30,31)32)25-21(23)6-5-9-33-25)16-24(39-17)26(37)34-20-11-18-10-19(12-20)15-36(14-18)27(38)40-28(2,3)4/h5-9,17-20,24H,10-16H2,1-4H3,(H,34,37)/t17-,18?,19?,20?,24-/m1/s1. The molecule has 2 saturated heterocycles. The van der Waals surface area contributed by atoms with Gasteiger partial charge in [0, 0.05) is 42.9 Å². The highest BCUT2D eigenvalue weighted by atomic mass is 19.4. The van der Waals surface area contributed by atoms with Crippen LogP contribution in [0.3, 0.4) is 0 Å². The first-order chi connectivity index (χ1) is 18.8. The van der Waals surface area contributed by atoms with Gasteiger partial charge in [-0.25, -0.2) is 4.79 Å². The van der Waals surface area contributed by atoms with Gasteiger partial charge in [-0.05, 0) is 83.1 Å². The number of halogens is 3. The summed E-state index contributed by atoms with van der Waals surface area (Å²) in [7, 11) is 0. The summed E-state index contributed by atoms with van der Waals surface area (Å²) in [5.41, 5.74) is -0.843. The molecule has 2 unspecified atom stereocenters. The van der Waals surface area contributed by atoms with Crippen LogP contribution < -0.4 is 10.2 Å². The summed E-state index contributed by atoms with van der Waals surface area (Å²) in [5, 5.41) is 3.56. The Hall–Kier alpha value is -3.08. The number of nitrogens with one attached hydrogen (secondary N) is 1. The first-order valence-electron chi connectivity index (χ1n) is 13.9. The lowest BCUT2D eigenvalue weighted by molar-refractivity contribution is -0.138. The number of rotatable bonds is 3. The Labute approximate surface area is 232 Å². The first-order valence-corrected chi connectivity index (χ1v) is 13.9. The fraction of sp³-hybridized carbons (Fsp3) is 0.621. The van der Waals surface area contributed by atoms with Crippen LogP contribution in [0.4, 0.5) is 23.7 Å². The summed E-state index contributed by atoms with van der Waals surface area (Å²) in [6.45, 7) is 9.29. The fourth-order valence-corrected chi connectivity index (χ4v) is 6.40. The van der Waals surface area contributed by atoms with Crippen molar-refractivity contribution in [1.29, 1.82) is 0 Å². The van der Waals surface area contributed by atoms with Gasteiger partial charge in [-0.3, -0.25) is 9.78 Å². The predicted molar refractivity (Wildman–Crippen MR) is 144 cm³/mol. The monoisotopic (exact) mass is 562 g/mol. The molecule has 0 spiro atoms. The van der Waals surface area contributed by atoms with Crippen molar-refractivity contribution in [2.45, 2.75) is 77.0 Å². The quantitative estimate of drug-likeness (QED) is 0.567. The van der Waals surface area contributed by atoms with Crippen LogP contribution in [-0.4, -0.2) is 71.9 Å². The van der Waals surface area contributed by atoms with Gasteiger partial charge in [-0.15, -0.1) is 0 Å². The van der Waals surface area contributed by atoms with Gasteiger partial charge >= 0.3 is 12.3 Å². The van der Waals surface area contributed by atoms with Crippen molar-refractivity contribution in [2.75, 3.05) is 31.1 Å². The van der Waals surface area contributed by atoms with Crippen LogP contribution in [0.15, 0.2) is 30.5 Å². The highest BCUT2D eigenvalue weighted by molar-refractivity contribution is 5.94. The number of hydrogen-bond donors (Lipinski definition) is 1. The number of likely N-dealkylation sites (tertiary alicyclic amines) is 1. The Morgan fingerprint density at radius 1 is 1.02 bits per heavy atom. The third-order valence-corrected chi connectivity index (χ3v) is 7.80. The molecule has 11 heteroatoms. The van der Waals surface area contributed by atoms with E-state index in [2.05, 4.69) is 10.3 Å². The number of anilines is 1. The lowest BCUT2D eigenvalue weighted by Gasteiger charge is -2.45.